The van der Waals surface area contributed by atoms with Crippen LogP contribution in [0.2, 0.25) is 0 Å². The molecule has 2 rings (SSSR count). The predicted octanol–water partition coefficient (Wildman–Crippen LogP) is 3.29. The summed E-state index contributed by atoms with van der Waals surface area (Å²) in [4.78, 5) is 0. The molecular weight excluding hydrogens is 219 g/mol. The van der Waals surface area contributed by atoms with E-state index in [9.17, 15) is 13.2 Å². The Bertz CT molecular complexity index is 389. The van der Waals surface area contributed by atoms with E-state index in [-0.39, 0.29) is 11.9 Å². The second-order valence-corrected chi connectivity index (χ2v) is 3.74. The van der Waals surface area contributed by atoms with Gasteiger partial charge >= 0.3 is 6.18 Å². The molecule has 2 nitrogen and oxygen atoms in total. The average Bonchev–Trinajstić information content (AvgIpc) is 2.26. The van der Waals surface area contributed by atoms with Crippen molar-refractivity contribution in [3.05, 3.63) is 23.8 Å². The highest BCUT2D eigenvalue weighted by molar-refractivity contribution is 5.59. The topological polar surface area (TPSA) is 21.3 Å². The summed E-state index contributed by atoms with van der Waals surface area (Å²) in [6.07, 6.45) is -3.61. The maximum Gasteiger partial charge on any atom is 0.416 e. The molecule has 0 amide bonds. The average molecular weight is 231 g/mol. The van der Waals surface area contributed by atoms with Crippen molar-refractivity contribution < 1.29 is 17.9 Å². The zero-order valence-corrected chi connectivity index (χ0v) is 8.77. The Labute approximate surface area is 91.4 Å². The Balaban J connectivity index is 2.31. The highest BCUT2D eigenvalue weighted by Gasteiger charge is 2.32. The van der Waals surface area contributed by atoms with Crippen LogP contribution in [0.25, 0.3) is 0 Å². The second-order valence-electron chi connectivity index (χ2n) is 3.74. The Hall–Kier alpha value is -1.39. The molecule has 1 unspecified atom stereocenters. The van der Waals surface area contributed by atoms with Crippen LogP contribution in [0.5, 0.6) is 5.75 Å². The van der Waals surface area contributed by atoms with E-state index in [4.69, 9.17) is 4.74 Å². The van der Waals surface area contributed by atoms with Crippen LogP contribution >= 0.6 is 0 Å². The van der Waals surface area contributed by atoms with Crippen LogP contribution in [0.1, 0.15) is 18.9 Å². The normalized spacial score (nSPS) is 19.6. The van der Waals surface area contributed by atoms with Crippen molar-refractivity contribution in [1.29, 1.82) is 0 Å². The predicted molar refractivity (Wildman–Crippen MR) is 54.6 cm³/mol. The van der Waals surface area contributed by atoms with Gasteiger partial charge in [-0.05, 0) is 24.6 Å². The molecule has 1 heterocycles. The molecule has 0 saturated heterocycles. The van der Waals surface area contributed by atoms with Crippen molar-refractivity contribution in [2.24, 2.45) is 0 Å². The van der Waals surface area contributed by atoms with Crippen molar-refractivity contribution in [3.8, 4) is 5.75 Å². The quantitative estimate of drug-likeness (QED) is 0.800. The van der Waals surface area contributed by atoms with Crippen LogP contribution in [-0.4, -0.2) is 12.6 Å². The minimum Gasteiger partial charge on any atom is -0.486 e. The minimum absolute atomic E-state index is 0.0593. The van der Waals surface area contributed by atoms with E-state index in [1.807, 2.05) is 6.92 Å². The van der Waals surface area contributed by atoms with E-state index in [0.29, 0.717) is 12.2 Å². The molecule has 0 bridgehead atoms. The van der Waals surface area contributed by atoms with Gasteiger partial charge in [-0.25, -0.2) is 0 Å². The van der Waals surface area contributed by atoms with Crippen molar-refractivity contribution in [2.75, 3.05) is 11.9 Å². The van der Waals surface area contributed by atoms with Crippen LogP contribution in [0.15, 0.2) is 18.2 Å². The Morgan fingerprint density at radius 2 is 2.19 bits per heavy atom. The summed E-state index contributed by atoms with van der Waals surface area (Å²) in [5.74, 6) is 0.285. The van der Waals surface area contributed by atoms with Gasteiger partial charge in [0.2, 0.25) is 0 Å². The van der Waals surface area contributed by atoms with Gasteiger partial charge < -0.3 is 10.1 Å². The molecule has 0 aromatic heterocycles. The number of hydrogen-bond acceptors (Lipinski definition) is 2. The van der Waals surface area contributed by atoms with E-state index >= 15 is 0 Å². The molecule has 88 valence electrons. The molecule has 0 aliphatic carbocycles. The maximum absolute atomic E-state index is 12.5. The first-order valence-corrected chi connectivity index (χ1v) is 5.12. The number of fused-ring (bicyclic) bond motifs is 1. The van der Waals surface area contributed by atoms with E-state index in [0.717, 1.165) is 18.6 Å². The molecule has 0 fully saturated rings. The number of nitrogens with one attached hydrogen (secondary N) is 1. The van der Waals surface area contributed by atoms with Crippen LogP contribution in [-0.2, 0) is 6.18 Å². The molecule has 1 aromatic carbocycles. The van der Waals surface area contributed by atoms with Crippen molar-refractivity contribution >= 4 is 5.69 Å². The highest BCUT2D eigenvalue weighted by Crippen LogP contribution is 2.37. The molecule has 1 aliphatic rings. The molecule has 1 atom stereocenters. The number of ether oxygens (including phenoxy) is 1. The van der Waals surface area contributed by atoms with Crippen LogP contribution in [0, 0.1) is 0 Å². The van der Waals surface area contributed by atoms with Crippen LogP contribution in [0.3, 0.4) is 0 Å². The molecule has 0 radical (unpaired) electrons. The molecule has 5 heteroatoms. The largest absolute Gasteiger partial charge is 0.486 e. The first-order valence-electron chi connectivity index (χ1n) is 5.12. The van der Waals surface area contributed by atoms with Crippen molar-refractivity contribution in [3.63, 3.8) is 0 Å². The first-order chi connectivity index (χ1) is 7.50. The Morgan fingerprint density at radius 1 is 1.44 bits per heavy atom. The number of benzene rings is 1. The summed E-state index contributed by atoms with van der Waals surface area (Å²) in [6, 6.07) is 3.51. The third-order valence-corrected chi connectivity index (χ3v) is 2.58. The fourth-order valence-corrected chi connectivity index (χ4v) is 1.61. The number of hydrogen-bond donors (Lipinski definition) is 1. The summed E-state index contributed by atoms with van der Waals surface area (Å²) in [7, 11) is 0. The monoisotopic (exact) mass is 231 g/mol. The van der Waals surface area contributed by atoms with Gasteiger partial charge in [0, 0.05) is 0 Å². The second kappa shape index (κ2) is 3.88. The smallest absolute Gasteiger partial charge is 0.416 e. The number of rotatable bonds is 1. The minimum atomic E-state index is -4.32. The third kappa shape index (κ3) is 2.08. The lowest BCUT2D eigenvalue weighted by molar-refractivity contribution is -0.137. The van der Waals surface area contributed by atoms with Gasteiger partial charge in [0.15, 0.2) is 0 Å². The molecule has 16 heavy (non-hydrogen) atoms. The standard InChI is InChI=1S/C11H12F3NO/c1-2-8-6-15-9-4-3-7(11(12,13)14)5-10(9)16-8/h3-5,8,15H,2,6H2,1H3. The third-order valence-electron chi connectivity index (χ3n) is 2.58. The number of alkyl halides is 3. The fourth-order valence-electron chi connectivity index (χ4n) is 1.61. The van der Waals surface area contributed by atoms with E-state index in [1.165, 1.54) is 6.07 Å². The van der Waals surface area contributed by atoms with E-state index in [1.54, 1.807) is 0 Å². The van der Waals surface area contributed by atoms with Crippen molar-refractivity contribution in [1.82, 2.24) is 0 Å². The summed E-state index contributed by atoms with van der Waals surface area (Å²) in [5.41, 5.74) is -0.0532. The Morgan fingerprint density at radius 3 is 2.81 bits per heavy atom. The molecule has 0 spiro atoms. The zero-order chi connectivity index (χ0) is 11.8. The molecule has 1 N–H and O–H groups in total. The summed E-state index contributed by atoms with van der Waals surface area (Å²) in [6.45, 7) is 2.57. The number of anilines is 1. The van der Waals surface area contributed by atoms with Gasteiger partial charge in [-0.2, -0.15) is 13.2 Å². The van der Waals surface area contributed by atoms with Crippen molar-refractivity contribution in [2.45, 2.75) is 25.6 Å². The van der Waals surface area contributed by atoms with Gasteiger partial charge in [-0.15, -0.1) is 0 Å². The SMILES string of the molecule is CCC1CNc2ccc(C(F)(F)F)cc2O1. The summed E-state index contributed by atoms with van der Waals surface area (Å²) in [5, 5.41) is 3.05. The van der Waals surface area contributed by atoms with E-state index < -0.39 is 11.7 Å². The lowest BCUT2D eigenvalue weighted by Crippen LogP contribution is -2.30. The van der Waals surface area contributed by atoms with Gasteiger partial charge in [-0.1, -0.05) is 6.92 Å². The van der Waals surface area contributed by atoms with Crippen LogP contribution < -0.4 is 10.1 Å². The molecule has 0 saturated carbocycles. The van der Waals surface area contributed by atoms with Gasteiger partial charge in [0.05, 0.1) is 17.8 Å². The lowest BCUT2D eigenvalue weighted by atomic mass is 10.1. The van der Waals surface area contributed by atoms with Gasteiger partial charge in [0.1, 0.15) is 11.9 Å². The Kier molecular flexibility index (Phi) is 2.69. The maximum atomic E-state index is 12.5. The summed E-state index contributed by atoms with van der Waals surface area (Å²) < 4.78 is 42.8. The fraction of sp³-hybridized carbons (Fsp3) is 0.455. The summed E-state index contributed by atoms with van der Waals surface area (Å²) >= 11 is 0. The zero-order valence-electron chi connectivity index (χ0n) is 8.77. The van der Waals surface area contributed by atoms with Gasteiger partial charge in [-0.3, -0.25) is 0 Å². The van der Waals surface area contributed by atoms with Crippen LogP contribution in [0.4, 0.5) is 18.9 Å². The first kappa shape index (κ1) is 11.1. The highest BCUT2D eigenvalue weighted by atomic mass is 19.4. The van der Waals surface area contributed by atoms with E-state index in [2.05, 4.69) is 5.32 Å². The molecular formula is C11H12F3NO. The lowest BCUT2D eigenvalue weighted by Gasteiger charge is -2.27. The number of halogens is 3. The van der Waals surface area contributed by atoms with Gasteiger partial charge in [0.25, 0.3) is 0 Å². The molecule has 1 aromatic rings. The molecule has 1 aliphatic heterocycles.